The van der Waals surface area contributed by atoms with E-state index in [0.29, 0.717) is 12.8 Å². The molecule has 1 aromatic heterocycles. The highest BCUT2D eigenvalue weighted by Gasteiger charge is 2.41. The number of fused-ring (bicyclic) bond motifs is 1. The summed E-state index contributed by atoms with van der Waals surface area (Å²) in [5.74, 6) is -4.87. The van der Waals surface area contributed by atoms with Crippen LogP contribution in [0.1, 0.15) is 43.6 Å². The maximum absolute atomic E-state index is 14.8. The van der Waals surface area contributed by atoms with Gasteiger partial charge in [0.1, 0.15) is 5.71 Å². The second kappa shape index (κ2) is 10.8. The lowest BCUT2D eigenvalue weighted by molar-refractivity contribution is -0.152. The molecule has 2 amide bonds. The summed E-state index contributed by atoms with van der Waals surface area (Å²) in [7, 11) is 1.29. The van der Waals surface area contributed by atoms with Crippen LogP contribution in [0.25, 0.3) is 11.0 Å². The van der Waals surface area contributed by atoms with Crippen LogP contribution in [0.4, 0.5) is 22.0 Å². The van der Waals surface area contributed by atoms with Crippen molar-refractivity contribution in [2.45, 2.75) is 32.9 Å². The Hall–Kier alpha value is -4.75. The van der Waals surface area contributed by atoms with Gasteiger partial charge in [-0.25, -0.2) is 14.8 Å². The van der Waals surface area contributed by atoms with E-state index in [-0.39, 0.29) is 63.7 Å². The quantitative estimate of drug-likeness (QED) is 0.196. The van der Waals surface area contributed by atoms with E-state index in [1.165, 1.54) is 31.4 Å². The van der Waals surface area contributed by atoms with Crippen molar-refractivity contribution in [1.29, 1.82) is 0 Å². The topological polar surface area (TPSA) is 106 Å². The Morgan fingerprint density at radius 3 is 2.40 bits per heavy atom. The fourth-order valence-corrected chi connectivity index (χ4v) is 4.72. The van der Waals surface area contributed by atoms with E-state index in [1.807, 2.05) is 0 Å². The van der Waals surface area contributed by atoms with Crippen molar-refractivity contribution < 1.29 is 45.4 Å². The number of amides is 2. The van der Waals surface area contributed by atoms with Gasteiger partial charge in [-0.3, -0.25) is 9.59 Å². The second-order valence-corrected chi connectivity index (χ2v) is 10.3. The van der Waals surface area contributed by atoms with E-state index in [1.54, 1.807) is 13.8 Å². The molecule has 0 atom stereocenters. The minimum Gasteiger partial charge on any atom is -0.493 e. The summed E-state index contributed by atoms with van der Waals surface area (Å²) in [4.78, 5) is 24.7. The van der Waals surface area contributed by atoms with Crippen LogP contribution in [0.15, 0.2) is 57.1 Å². The Balaban J connectivity index is 1.24. The number of nitrogens with one attached hydrogen (secondary N) is 1. The third-order valence-corrected chi connectivity index (χ3v) is 7.15. The van der Waals surface area contributed by atoms with Gasteiger partial charge in [0.2, 0.25) is 11.6 Å². The van der Waals surface area contributed by atoms with Crippen LogP contribution in [0.5, 0.6) is 11.5 Å². The van der Waals surface area contributed by atoms with Crippen molar-refractivity contribution in [3.8, 4) is 11.5 Å². The molecule has 2 aliphatic rings. The highest BCUT2D eigenvalue weighted by atomic mass is 19.4. The molecule has 2 aliphatic heterocycles. The molecule has 43 heavy (non-hydrogen) atoms. The van der Waals surface area contributed by atoms with Gasteiger partial charge < -0.3 is 13.9 Å². The summed E-state index contributed by atoms with van der Waals surface area (Å²) in [6, 6.07) is 6.23. The number of unbranched alkanes of at least 4 members (excludes halogenated alkanes) is 1. The van der Waals surface area contributed by atoms with Gasteiger partial charge in [-0.15, -0.1) is 0 Å². The first kappa shape index (κ1) is 29.7. The first-order chi connectivity index (χ1) is 20.3. The summed E-state index contributed by atoms with van der Waals surface area (Å²) >= 11 is 0. The highest BCUT2D eigenvalue weighted by Crippen LogP contribution is 2.40. The standard InChI is InChI=1S/C29H25F5N4O5/c1-14-23(15-7-10-19(41-4)24-17(15)13-20(43-24)29(32,33)34)37-38(26(14)39)11-5-6-12-42-18-9-8-16(21(30)22(18)31)25-28(2,3)27(40)36-35-25/h7-10,13H,1,5-6,11-12H2,2-4H3,(H,36,40). The Bertz CT molecular complexity index is 1720. The van der Waals surface area contributed by atoms with E-state index in [9.17, 15) is 31.5 Å². The lowest BCUT2D eigenvalue weighted by atomic mass is 9.83. The number of carbonyl (C=O) groups is 2. The number of hydrazone groups is 2. The smallest absolute Gasteiger partial charge is 0.449 e. The molecular weight excluding hydrogens is 579 g/mol. The third kappa shape index (κ3) is 5.21. The van der Waals surface area contributed by atoms with Gasteiger partial charge in [-0.05, 0) is 57.0 Å². The van der Waals surface area contributed by atoms with Crippen LogP contribution >= 0.6 is 0 Å². The van der Waals surface area contributed by atoms with Crippen LogP contribution in [-0.2, 0) is 15.8 Å². The molecule has 0 saturated heterocycles. The fraction of sp³-hybridized carbons (Fsp3) is 0.310. The van der Waals surface area contributed by atoms with Crippen LogP contribution < -0.4 is 14.9 Å². The number of hydrogen-bond acceptors (Lipinski definition) is 7. The molecule has 0 unspecified atom stereocenters. The van der Waals surface area contributed by atoms with Crippen molar-refractivity contribution in [1.82, 2.24) is 10.4 Å². The number of benzene rings is 2. The first-order valence-corrected chi connectivity index (χ1v) is 13.0. The molecule has 3 heterocycles. The van der Waals surface area contributed by atoms with E-state index >= 15 is 0 Å². The zero-order valence-corrected chi connectivity index (χ0v) is 23.2. The number of methoxy groups -OCH3 is 1. The number of halogens is 5. The fourth-order valence-electron chi connectivity index (χ4n) is 4.72. The average Bonchev–Trinajstić information content (AvgIpc) is 3.61. The molecule has 0 fully saturated rings. The largest absolute Gasteiger partial charge is 0.493 e. The molecule has 0 bridgehead atoms. The molecule has 2 aromatic carbocycles. The first-order valence-electron chi connectivity index (χ1n) is 13.0. The number of alkyl halides is 3. The lowest BCUT2D eigenvalue weighted by Gasteiger charge is -2.18. The second-order valence-electron chi connectivity index (χ2n) is 10.3. The zero-order valence-electron chi connectivity index (χ0n) is 23.2. The minimum absolute atomic E-state index is 0.0120. The summed E-state index contributed by atoms with van der Waals surface area (Å²) in [6.45, 7) is 6.94. The average molecular weight is 605 g/mol. The summed E-state index contributed by atoms with van der Waals surface area (Å²) < 4.78 is 85.1. The molecule has 14 heteroatoms. The molecule has 5 rings (SSSR count). The van der Waals surface area contributed by atoms with E-state index in [4.69, 9.17) is 13.9 Å². The molecular formula is C29H25F5N4O5. The van der Waals surface area contributed by atoms with E-state index in [0.717, 1.165) is 11.1 Å². The summed E-state index contributed by atoms with van der Waals surface area (Å²) in [5, 5.41) is 9.31. The number of hydrogen-bond donors (Lipinski definition) is 1. The van der Waals surface area contributed by atoms with Crippen LogP contribution in [0.2, 0.25) is 0 Å². The van der Waals surface area contributed by atoms with E-state index in [2.05, 4.69) is 22.2 Å². The van der Waals surface area contributed by atoms with Crippen molar-refractivity contribution in [2.24, 2.45) is 15.6 Å². The van der Waals surface area contributed by atoms with Crippen molar-refractivity contribution in [2.75, 3.05) is 20.3 Å². The van der Waals surface area contributed by atoms with Gasteiger partial charge in [0, 0.05) is 23.1 Å². The van der Waals surface area contributed by atoms with Gasteiger partial charge in [0.15, 0.2) is 22.9 Å². The maximum atomic E-state index is 14.8. The Morgan fingerprint density at radius 2 is 1.74 bits per heavy atom. The molecule has 0 aliphatic carbocycles. The van der Waals surface area contributed by atoms with Gasteiger partial charge in [-0.1, -0.05) is 6.58 Å². The Labute approximate surface area is 241 Å². The minimum atomic E-state index is -4.74. The van der Waals surface area contributed by atoms with Gasteiger partial charge in [0.25, 0.3) is 11.8 Å². The van der Waals surface area contributed by atoms with Crippen molar-refractivity contribution in [3.05, 3.63) is 71.0 Å². The summed E-state index contributed by atoms with van der Waals surface area (Å²) in [5.41, 5.74) is 1.19. The molecule has 226 valence electrons. The molecule has 0 spiro atoms. The van der Waals surface area contributed by atoms with Crippen LogP contribution in [0.3, 0.4) is 0 Å². The van der Waals surface area contributed by atoms with Crippen molar-refractivity contribution >= 4 is 34.2 Å². The monoisotopic (exact) mass is 604 g/mol. The number of rotatable bonds is 9. The molecule has 9 nitrogen and oxygen atoms in total. The van der Waals surface area contributed by atoms with Gasteiger partial charge in [-0.2, -0.15) is 27.8 Å². The SMILES string of the molecule is C=C1C(=O)N(CCCCOc2ccc(C3=NNC(=O)C3(C)C)c(F)c2F)N=C1c1ccc(OC)c2oc(C(F)(F)F)cc12. The number of ether oxygens (including phenoxy) is 2. The van der Waals surface area contributed by atoms with Crippen molar-refractivity contribution in [3.63, 3.8) is 0 Å². The predicted molar refractivity (Wildman–Crippen MR) is 145 cm³/mol. The van der Waals surface area contributed by atoms with Gasteiger partial charge in [0.05, 0.1) is 30.4 Å². The molecule has 3 aromatic rings. The maximum Gasteiger partial charge on any atom is 0.449 e. The van der Waals surface area contributed by atoms with E-state index < -0.39 is 40.8 Å². The molecule has 0 saturated carbocycles. The third-order valence-electron chi connectivity index (χ3n) is 7.15. The number of carbonyl (C=O) groups excluding carboxylic acids is 2. The normalized spacial score (nSPS) is 16.6. The molecule has 1 N–H and O–H groups in total. The lowest BCUT2D eigenvalue weighted by Crippen LogP contribution is -2.33. The summed E-state index contributed by atoms with van der Waals surface area (Å²) in [6.07, 6.45) is -4.07. The van der Waals surface area contributed by atoms with Crippen LogP contribution in [0, 0.1) is 17.0 Å². The Kier molecular flexibility index (Phi) is 7.48. The predicted octanol–water partition coefficient (Wildman–Crippen LogP) is 5.56. The van der Waals surface area contributed by atoms with Gasteiger partial charge >= 0.3 is 6.18 Å². The molecule has 0 radical (unpaired) electrons. The zero-order chi connectivity index (χ0) is 31.3. The number of furan rings is 1. The highest BCUT2D eigenvalue weighted by molar-refractivity contribution is 6.33. The number of nitrogens with zero attached hydrogens (tertiary/aromatic N) is 3. The van der Waals surface area contributed by atoms with Crippen LogP contribution in [-0.4, -0.2) is 48.5 Å². The Morgan fingerprint density at radius 1 is 1.05 bits per heavy atom.